The minimum Gasteiger partial charge on any atom is -0.225 e. The first-order valence-electron chi connectivity index (χ1n) is 7.36. The molecule has 0 saturated heterocycles. The first-order valence-corrected chi connectivity index (χ1v) is 8.90. The van der Waals surface area contributed by atoms with Gasteiger partial charge >= 0.3 is 0 Å². The summed E-state index contributed by atoms with van der Waals surface area (Å²) in [6.07, 6.45) is 4.85. The maximum absolute atomic E-state index is 11.3. The molecule has 0 heterocycles. The largest absolute Gasteiger partial charge is 0.238 e. The summed E-state index contributed by atoms with van der Waals surface area (Å²) in [5.41, 5.74) is 1.40. The Morgan fingerprint density at radius 3 is 2.05 bits per heavy atom. The Bertz CT molecular complexity index is 553. The fourth-order valence-electron chi connectivity index (χ4n) is 3.28. The molecule has 0 aliphatic heterocycles. The van der Waals surface area contributed by atoms with E-state index < -0.39 is 10.0 Å². The van der Waals surface area contributed by atoms with Crippen molar-refractivity contribution < 1.29 is 8.42 Å². The second-order valence-electron chi connectivity index (χ2n) is 6.71. The van der Waals surface area contributed by atoms with E-state index in [2.05, 4.69) is 20.8 Å². The molecular formula is C16H25NO2S. The Labute approximate surface area is 122 Å². The van der Waals surface area contributed by atoms with Gasteiger partial charge in [0.2, 0.25) is 10.0 Å². The molecule has 112 valence electrons. The lowest BCUT2D eigenvalue weighted by Crippen LogP contribution is -2.30. The third-order valence-electron chi connectivity index (χ3n) is 4.96. The Kier molecular flexibility index (Phi) is 4.26. The molecular weight excluding hydrogens is 270 g/mol. The van der Waals surface area contributed by atoms with Crippen molar-refractivity contribution in [3.05, 3.63) is 29.8 Å². The van der Waals surface area contributed by atoms with E-state index in [-0.39, 0.29) is 10.3 Å². The summed E-state index contributed by atoms with van der Waals surface area (Å²) in [5, 5.41) is 5.14. The first kappa shape index (κ1) is 15.5. The van der Waals surface area contributed by atoms with Crippen LogP contribution in [0.25, 0.3) is 0 Å². The summed E-state index contributed by atoms with van der Waals surface area (Å²) in [6.45, 7) is 6.89. The van der Waals surface area contributed by atoms with Crippen LogP contribution in [0.3, 0.4) is 0 Å². The van der Waals surface area contributed by atoms with Crippen molar-refractivity contribution in [1.29, 1.82) is 0 Å². The lowest BCUT2D eigenvalue weighted by Gasteiger charge is -2.39. The van der Waals surface area contributed by atoms with Crippen molar-refractivity contribution in [2.45, 2.75) is 56.8 Å². The highest BCUT2D eigenvalue weighted by molar-refractivity contribution is 7.89. The lowest BCUT2D eigenvalue weighted by molar-refractivity contribution is 0.204. The van der Waals surface area contributed by atoms with Crippen LogP contribution in [-0.2, 0) is 15.4 Å². The van der Waals surface area contributed by atoms with Crippen molar-refractivity contribution in [2.24, 2.45) is 17.0 Å². The van der Waals surface area contributed by atoms with Crippen LogP contribution in [0, 0.1) is 11.8 Å². The summed E-state index contributed by atoms with van der Waals surface area (Å²) >= 11 is 0. The second kappa shape index (κ2) is 5.49. The third kappa shape index (κ3) is 3.23. The van der Waals surface area contributed by atoms with Gasteiger partial charge in [0, 0.05) is 0 Å². The van der Waals surface area contributed by atoms with Crippen LogP contribution in [0.5, 0.6) is 0 Å². The standard InChI is InChI=1S/C16H25NO2S/c1-12(2)13-8-10-16(3,11-9-13)14-4-6-15(7-5-14)20(17,18)19/h4-7,12-13H,8-11H2,1-3H3,(H2,17,18,19). The Morgan fingerprint density at radius 2 is 1.65 bits per heavy atom. The molecule has 3 nitrogen and oxygen atoms in total. The SMILES string of the molecule is CC(C)C1CCC(C)(c2ccc(S(N)(=O)=O)cc2)CC1. The van der Waals surface area contributed by atoms with Gasteiger partial charge in [-0.3, -0.25) is 0 Å². The molecule has 0 unspecified atom stereocenters. The third-order valence-corrected chi connectivity index (χ3v) is 5.89. The summed E-state index contributed by atoms with van der Waals surface area (Å²) in [4.78, 5) is 0.195. The Morgan fingerprint density at radius 1 is 1.15 bits per heavy atom. The molecule has 0 spiro atoms. The number of hydrogen-bond donors (Lipinski definition) is 1. The van der Waals surface area contributed by atoms with Crippen LogP contribution in [0.4, 0.5) is 0 Å². The van der Waals surface area contributed by atoms with Crippen molar-refractivity contribution >= 4 is 10.0 Å². The van der Waals surface area contributed by atoms with E-state index in [1.165, 1.54) is 31.2 Å². The molecule has 2 rings (SSSR count). The summed E-state index contributed by atoms with van der Waals surface area (Å²) in [6, 6.07) is 7.11. The molecule has 0 aromatic heterocycles. The monoisotopic (exact) mass is 295 g/mol. The molecule has 4 heteroatoms. The van der Waals surface area contributed by atoms with Crippen LogP contribution in [-0.4, -0.2) is 8.42 Å². The molecule has 0 amide bonds. The zero-order valence-electron chi connectivity index (χ0n) is 12.6. The molecule has 1 aliphatic carbocycles. The van der Waals surface area contributed by atoms with Crippen LogP contribution in [0.15, 0.2) is 29.2 Å². The highest BCUT2D eigenvalue weighted by Crippen LogP contribution is 2.43. The molecule has 0 atom stereocenters. The number of hydrogen-bond acceptors (Lipinski definition) is 2. The predicted molar refractivity (Wildman–Crippen MR) is 82.0 cm³/mol. The van der Waals surface area contributed by atoms with E-state index >= 15 is 0 Å². The number of rotatable bonds is 3. The van der Waals surface area contributed by atoms with Gasteiger partial charge in [-0.2, -0.15) is 0 Å². The van der Waals surface area contributed by atoms with Gasteiger partial charge in [-0.15, -0.1) is 0 Å². The van der Waals surface area contributed by atoms with Crippen LogP contribution >= 0.6 is 0 Å². The number of primary sulfonamides is 1. The number of benzene rings is 1. The Hall–Kier alpha value is -0.870. The first-order chi connectivity index (χ1) is 9.22. The lowest BCUT2D eigenvalue weighted by atomic mass is 9.66. The molecule has 1 aromatic carbocycles. The number of nitrogens with two attached hydrogens (primary N) is 1. The molecule has 2 N–H and O–H groups in total. The van der Waals surface area contributed by atoms with Crippen LogP contribution in [0.2, 0.25) is 0 Å². The average Bonchev–Trinajstić information content (AvgIpc) is 2.38. The van der Waals surface area contributed by atoms with Gasteiger partial charge in [0.1, 0.15) is 0 Å². The van der Waals surface area contributed by atoms with Gasteiger partial charge in [0.05, 0.1) is 4.90 Å². The zero-order valence-corrected chi connectivity index (χ0v) is 13.4. The highest BCUT2D eigenvalue weighted by Gasteiger charge is 2.33. The van der Waals surface area contributed by atoms with Crippen molar-refractivity contribution in [2.75, 3.05) is 0 Å². The molecule has 1 saturated carbocycles. The molecule has 0 bridgehead atoms. The van der Waals surface area contributed by atoms with E-state index in [1.807, 2.05) is 12.1 Å². The van der Waals surface area contributed by atoms with Gasteiger partial charge < -0.3 is 0 Å². The highest BCUT2D eigenvalue weighted by atomic mass is 32.2. The quantitative estimate of drug-likeness (QED) is 0.928. The van der Waals surface area contributed by atoms with Gasteiger partial charge in [-0.25, -0.2) is 13.6 Å². The zero-order chi connectivity index (χ0) is 15.0. The van der Waals surface area contributed by atoms with E-state index in [0.29, 0.717) is 0 Å². The van der Waals surface area contributed by atoms with Crippen molar-refractivity contribution in [1.82, 2.24) is 0 Å². The molecule has 1 fully saturated rings. The van der Waals surface area contributed by atoms with E-state index in [0.717, 1.165) is 11.8 Å². The Balaban J connectivity index is 2.16. The molecule has 20 heavy (non-hydrogen) atoms. The minimum atomic E-state index is -3.59. The van der Waals surface area contributed by atoms with Gasteiger partial charge in [0.15, 0.2) is 0 Å². The van der Waals surface area contributed by atoms with Gasteiger partial charge in [-0.1, -0.05) is 32.9 Å². The maximum Gasteiger partial charge on any atom is 0.238 e. The average molecular weight is 295 g/mol. The van der Waals surface area contributed by atoms with E-state index in [1.54, 1.807) is 12.1 Å². The summed E-state index contributed by atoms with van der Waals surface area (Å²) < 4.78 is 22.6. The van der Waals surface area contributed by atoms with Crippen molar-refractivity contribution in [3.63, 3.8) is 0 Å². The summed E-state index contributed by atoms with van der Waals surface area (Å²) in [5.74, 6) is 1.58. The molecule has 1 aromatic rings. The normalized spacial score (nSPS) is 27.8. The minimum absolute atomic E-state index is 0.169. The van der Waals surface area contributed by atoms with Gasteiger partial charge in [-0.05, 0) is 60.6 Å². The molecule has 1 aliphatic rings. The fraction of sp³-hybridized carbons (Fsp3) is 0.625. The maximum atomic E-state index is 11.3. The predicted octanol–water partition coefficient (Wildman–Crippen LogP) is 3.44. The topological polar surface area (TPSA) is 60.2 Å². The second-order valence-corrected chi connectivity index (χ2v) is 8.27. The fourth-order valence-corrected chi connectivity index (χ4v) is 3.80. The number of sulfonamides is 1. The molecule has 0 radical (unpaired) electrons. The van der Waals surface area contributed by atoms with E-state index in [4.69, 9.17) is 5.14 Å². The van der Waals surface area contributed by atoms with E-state index in [9.17, 15) is 8.42 Å². The van der Waals surface area contributed by atoms with Gasteiger partial charge in [0.25, 0.3) is 0 Å². The smallest absolute Gasteiger partial charge is 0.225 e. The van der Waals surface area contributed by atoms with Crippen LogP contribution in [0.1, 0.15) is 52.0 Å². The summed E-state index contributed by atoms with van der Waals surface area (Å²) in [7, 11) is -3.59. The van der Waals surface area contributed by atoms with Crippen molar-refractivity contribution in [3.8, 4) is 0 Å². The van der Waals surface area contributed by atoms with Crippen LogP contribution < -0.4 is 5.14 Å².